The zero-order valence-corrected chi connectivity index (χ0v) is 12.3. The molecule has 0 aliphatic heterocycles. The van der Waals surface area contributed by atoms with Gasteiger partial charge in [0.25, 0.3) is 0 Å². The van der Waals surface area contributed by atoms with Gasteiger partial charge >= 0.3 is 0 Å². The van der Waals surface area contributed by atoms with Crippen molar-refractivity contribution in [1.82, 2.24) is 10.2 Å². The second-order valence-corrected chi connectivity index (χ2v) is 5.82. The molecule has 0 saturated carbocycles. The van der Waals surface area contributed by atoms with E-state index in [9.17, 15) is 10.1 Å². The molecule has 21 heavy (non-hydrogen) atoms. The normalized spacial score (nSPS) is 12.0. The number of H-pyrrole nitrogens is 1. The topological polar surface area (TPSA) is 69.5 Å². The van der Waals surface area contributed by atoms with E-state index in [4.69, 9.17) is 0 Å². The van der Waals surface area contributed by atoms with E-state index in [1.54, 1.807) is 33.0 Å². The third-order valence-electron chi connectivity index (χ3n) is 3.08. The van der Waals surface area contributed by atoms with Crippen molar-refractivity contribution in [2.75, 3.05) is 0 Å². The Morgan fingerprint density at radius 1 is 1.29 bits per heavy atom. The number of hydrogen-bond donors (Lipinski definition) is 1. The van der Waals surface area contributed by atoms with Gasteiger partial charge in [-0.05, 0) is 6.08 Å². The van der Waals surface area contributed by atoms with E-state index in [1.165, 1.54) is 0 Å². The van der Waals surface area contributed by atoms with Gasteiger partial charge in [-0.15, -0.1) is 0 Å². The Hall–Kier alpha value is -2.67. The zero-order valence-electron chi connectivity index (χ0n) is 12.3. The van der Waals surface area contributed by atoms with Gasteiger partial charge in [0.1, 0.15) is 6.07 Å². The summed E-state index contributed by atoms with van der Waals surface area (Å²) in [5.41, 5.74) is 2.04. The fourth-order valence-electron chi connectivity index (χ4n) is 1.95. The van der Waals surface area contributed by atoms with Crippen molar-refractivity contribution in [3.63, 3.8) is 0 Å². The zero-order chi connectivity index (χ0) is 15.5. The van der Waals surface area contributed by atoms with E-state index < -0.39 is 5.41 Å². The van der Waals surface area contributed by atoms with Gasteiger partial charge in [-0.2, -0.15) is 10.4 Å². The third-order valence-corrected chi connectivity index (χ3v) is 3.08. The third kappa shape index (κ3) is 3.26. The molecular formula is C17H17N3O. The van der Waals surface area contributed by atoms with Crippen LogP contribution in [-0.4, -0.2) is 16.0 Å². The van der Waals surface area contributed by atoms with E-state index >= 15 is 0 Å². The molecule has 0 atom stereocenters. The van der Waals surface area contributed by atoms with Gasteiger partial charge in [0, 0.05) is 16.5 Å². The number of Topliss-reactive ketones (excluding diaryl/α,β-unsaturated/α-hetero) is 1. The van der Waals surface area contributed by atoms with Gasteiger partial charge in [0.15, 0.2) is 5.78 Å². The first-order valence-electron chi connectivity index (χ1n) is 6.69. The Morgan fingerprint density at radius 2 is 1.95 bits per heavy atom. The second-order valence-electron chi connectivity index (χ2n) is 5.82. The molecule has 0 aliphatic rings. The minimum absolute atomic E-state index is 0.140. The molecule has 1 aromatic heterocycles. The molecule has 0 bridgehead atoms. The Bertz CT molecular complexity index is 712. The van der Waals surface area contributed by atoms with Crippen LogP contribution in [0, 0.1) is 16.7 Å². The van der Waals surface area contributed by atoms with Crippen molar-refractivity contribution in [2.45, 2.75) is 20.8 Å². The molecule has 0 spiro atoms. The van der Waals surface area contributed by atoms with Crippen molar-refractivity contribution in [3.05, 3.63) is 47.7 Å². The van der Waals surface area contributed by atoms with E-state index in [0.29, 0.717) is 0 Å². The number of rotatable bonds is 3. The summed E-state index contributed by atoms with van der Waals surface area (Å²) in [6.45, 7) is 5.40. The first-order chi connectivity index (χ1) is 9.93. The molecule has 0 unspecified atom stereocenters. The number of aromatic amines is 1. The maximum atomic E-state index is 12.2. The summed E-state index contributed by atoms with van der Waals surface area (Å²) in [4.78, 5) is 12.2. The lowest BCUT2D eigenvalue weighted by Crippen LogP contribution is -2.21. The molecule has 0 amide bonds. The Morgan fingerprint density at radius 3 is 2.52 bits per heavy atom. The summed E-state index contributed by atoms with van der Waals surface area (Å²) < 4.78 is 0. The summed E-state index contributed by atoms with van der Waals surface area (Å²) in [5, 5.41) is 16.2. The smallest absolute Gasteiger partial charge is 0.178 e. The molecule has 2 aromatic rings. The Balaban J connectivity index is 2.45. The van der Waals surface area contributed by atoms with Gasteiger partial charge in [-0.3, -0.25) is 9.89 Å². The van der Waals surface area contributed by atoms with Crippen LogP contribution in [0.1, 0.15) is 26.3 Å². The van der Waals surface area contributed by atoms with Crippen LogP contribution in [0.4, 0.5) is 0 Å². The molecule has 0 radical (unpaired) electrons. The lowest BCUT2D eigenvalue weighted by Gasteiger charge is -2.15. The molecule has 0 fully saturated rings. The highest BCUT2D eigenvalue weighted by Gasteiger charge is 2.25. The molecule has 2 rings (SSSR count). The lowest BCUT2D eigenvalue weighted by atomic mass is 9.86. The minimum atomic E-state index is -0.585. The first kappa shape index (κ1) is 14.7. The monoisotopic (exact) mass is 279 g/mol. The van der Waals surface area contributed by atoms with Crippen LogP contribution >= 0.6 is 0 Å². The van der Waals surface area contributed by atoms with Crippen LogP contribution in [0.15, 0.2) is 42.1 Å². The van der Waals surface area contributed by atoms with Crippen molar-refractivity contribution < 1.29 is 4.79 Å². The van der Waals surface area contributed by atoms with Gasteiger partial charge < -0.3 is 0 Å². The molecular weight excluding hydrogens is 262 g/mol. The van der Waals surface area contributed by atoms with Crippen LogP contribution in [0.2, 0.25) is 0 Å². The Kier molecular flexibility index (Phi) is 4.04. The van der Waals surface area contributed by atoms with Crippen LogP contribution in [0.25, 0.3) is 17.3 Å². The molecule has 0 aliphatic carbocycles. The molecule has 1 aromatic carbocycles. The number of nitrogens with zero attached hydrogens (tertiary/aromatic N) is 2. The number of nitrogens with one attached hydrogen (secondary N) is 1. The van der Waals surface area contributed by atoms with Crippen LogP contribution in [0.3, 0.4) is 0 Å². The average Bonchev–Trinajstić information content (AvgIpc) is 2.92. The second kappa shape index (κ2) is 5.76. The van der Waals surface area contributed by atoms with Gasteiger partial charge in [0.05, 0.1) is 17.5 Å². The van der Waals surface area contributed by atoms with E-state index in [-0.39, 0.29) is 11.4 Å². The fraction of sp³-hybridized carbons (Fsp3) is 0.235. The number of allylic oxidation sites excluding steroid dienone is 1. The summed E-state index contributed by atoms with van der Waals surface area (Å²) in [6, 6.07) is 11.7. The largest absolute Gasteiger partial charge is 0.293 e. The molecule has 4 nitrogen and oxygen atoms in total. The first-order valence-corrected chi connectivity index (χ1v) is 6.69. The molecule has 0 saturated heterocycles. The number of carbonyl (C=O) groups is 1. The number of ketones is 1. The van der Waals surface area contributed by atoms with Crippen molar-refractivity contribution >= 4 is 11.9 Å². The summed E-state index contributed by atoms with van der Waals surface area (Å²) in [7, 11) is 0. The molecule has 1 N–H and O–H groups in total. The highest BCUT2D eigenvalue weighted by molar-refractivity contribution is 6.06. The van der Waals surface area contributed by atoms with Gasteiger partial charge in [0.2, 0.25) is 0 Å². The number of nitriles is 1. The standard InChI is InChI=1S/C17H17N3O/c1-17(2,3)16(21)13(10-18)9-14-11-19-20-15(14)12-7-5-4-6-8-12/h4-9,11H,1-3H3,(H,19,20)/b13-9-. The van der Waals surface area contributed by atoms with Crippen LogP contribution in [0.5, 0.6) is 0 Å². The Labute approximate surface area is 124 Å². The van der Waals surface area contributed by atoms with Crippen LogP contribution in [-0.2, 0) is 4.79 Å². The summed E-state index contributed by atoms with van der Waals surface area (Å²) in [5.74, 6) is -0.176. The number of carbonyl (C=O) groups excluding carboxylic acids is 1. The fourth-order valence-corrected chi connectivity index (χ4v) is 1.95. The quantitative estimate of drug-likeness (QED) is 0.689. The maximum absolute atomic E-state index is 12.2. The predicted octanol–water partition coefficient (Wildman–Crippen LogP) is 3.60. The SMILES string of the molecule is CC(C)(C)C(=O)/C(C#N)=C\c1cn[nH]c1-c1ccccc1. The molecule has 1 heterocycles. The van der Waals surface area contributed by atoms with E-state index in [2.05, 4.69) is 10.2 Å². The minimum Gasteiger partial charge on any atom is -0.293 e. The predicted molar refractivity (Wildman–Crippen MR) is 82.1 cm³/mol. The van der Waals surface area contributed by atoms with Gasteiger partial charge in [-0.25, -0.2) is 0 Å². The number of aromatic nitrogens is 2. The highest BCUT2D eigenvalue weighted by Crippen LogP contribution is 2.25. The van der Waals surface area contributed by atoms with E-state index in [1.807, 2.05) is 36.4 Å². The summed E-state index contributed by atoms with van der Waals surface area (Å²) in [6.07, 6.45) is 3.22. The van der Waals surface area contributed by atoms with Crippen molar-refractivity contribution in [3.8, 4) is 17.3 Å². The molecule has 106 valence electrons. The van der Waals surface area contributed by atoms with Crippen molar-refractivity contribution in [2.24, 2.45) is 5.41 Å². The molecule has 4 heteroatoms. The number of benzene rings is 1. The van der Waals surface area contributed by atoms with Gasteiger partial charge in [-0.1, -0.05) is 51.1 Å². The average molecular weight is 279 g/mol. The van der Waals surface area contributed by atoms with Crippen LogP contribution < -0.4 is 0 Å². The maximum Gasteiger partial charge on any atom is 0.178 e. The highest BCUT2D eigenvalue weighted by atomic mass is 16.1. The summed E-state index contributed by atoms with van der Waals surface area (Å²) >= 11 is 0. The number of hydrogen-bond acceptors (Lipinski definition) is 3. The van der Waals surface area contributed by atoms with Crippen molar-refractivity contribution in [1.29, 1.82) is 5.26 Å². The lowest BCUT2D eigenvalue weighted by molar-refractivity contribution is -0.121. The van der Waals surface area contributed by atoms with E-state index in [0.717, 1.165) is 16.8 Å².